The van der Waals surface area contributed by atoms with E-state index in [1.54, 1.807) is 31.6 Å². The molecule has 122 valence electrons. The van der Waals surface area contributed by atoms with E-state index in [4.69, 9.17) is 0 Å². The number of hydrogen-bond donors (Lipinski definition) is 0. The van der Waals surface area contributed by atoms with Crippen LogP contribution in [0.3, 0.4) is 0 Å². The topological polar surface area (TPSA) is 67.3 Å². The molecule has 5 nitrogen and oxygen atoms in total. The molecule has 0 unspecified atom stereocenters. The molecular formula is C16H18N2O3S2. The van der Waals surface area contributed by atoms with Crippen molar-refractivity contribution >= 4 is 33.2 Å². The Bertz CT molecular complexity index is 760. The van der Waals surface area contributed by atoms with Gasteiger partial charge in [-0.15, -0.1) is 11.8 Å². The molecule has 0 aliphatic carbocycles. The minimum Gasteiger partial charge on any atom is -0.315 e. The average molecular weight is 350 g/mol. The van der Waals surface area contributed by atoms with Crippen LogP contribution in [-0.4, -0.2) is 38.4 Å². The normalized spacial score (nSPS) is 11.2. The minimum atomic E-state index is -3.22. The standard InChI is InChI=1S/C16H18N2O3S2/c1-18(14-5-7-15(8-6-14)23(2,20)21)16(19)12-22-11-13-4-3-9-17-10-13/h3-10H,11-12H2,1-2H3. The molecule has 1 aromatic carbocycles. The van der Waals surface area contributed by atoms with Gasteiger partial charge >= 0.3 is 0 Å². The number of amides is 1. The predicted octanol–water partition coefficient (Wildman–Crippen LogP) is 2.38. The zero-order valence-corrected chi connectivity index (χ0v) is 14.6. The van der Waals surface area contributed by atoms with E-state index < -0.39 is 9.84 Å². The Balaban J connectivity index is 1.91. The number of nitrogens with zero attached hydrogens (tertiary/aromatic N) is 2. The lowest BCUT2D eigenvalue weighted by Crippen LogP contribution is -2.27. The van der Waals surface area contributed by atoms with Gasteiger partial charge < -0.3 is 4.90 Å². The summed E-state index contributed by atoms with van der Waals surface area (Å²) in [5.74, 6) is 1.03. The number of rotatable bonds is 6. The van der Waals surface area contributed by atoms with Crippen LogP contribution in [0.5, 0.6) is 0 Å². The van der Waals surface area contributed by atoms with E-state index in [0.29, 0.717) is 11.4 Å². The number of sulfone groups is 1. The van der Waals surface area contributed by atoms with Crippen molar-refractivity contribution in [3.05, 3.63) is 54.4 Å². The summed E-state index contributed by atoms with van der Waals surface area (Å²) >= 11 is 1.52. The van der Waals surface area contributed by atoms with Gasteiger partial charge in [0.15, 0.2) is 9.84 Å². The smallest absolute Gasteiger partial charge is 0.236 e. The summed E-state index contributed by atoms with van der Waals surface area (Å²) in [6.45, 7) is 0. The zero-order chi connectivity index (χ0) is 16.9. The molecule has 1 aromatic heterocycles. The van der Waals surface area contributed by atoms with Crippen molar-refractivity contribution in [3.63, 3.8) is 0 Å². The Morgan fingerprint density at radius 1 is 1.22 bits per heavy atom. The molecule has 2 rings (SSSR count). The van der Waals surface area contributed by atoms with Crippen molar-refractivity contribution in [1.29, 1.82) is 0 Å². The second kappa shape index (κ2) is 7.61. The molecule has 0 N–H and O–H groups in total. The van der Waals surface area contributed by atoms with Gasteiger partial charge in [0.2, 0.25) is 5.91 Å². The van der Waals surface area contributed by atoms with E-state index in [1.165, 1.54) is 28.8 Å². The number of benzene rings is 1. The van der Waals surface area contributed by atoms with Crippen LogP contribution >= 0.6 is 11.8 Å². The largest absolute Gasteiger partial charge is 0.315 e. The fourth-order valence-corrected chi connectivity index (χ4v) is 3.40. The van der Waals surface area contributed by atoms with Gasteiger partial charge in [0.25, 0.3) is 0 Å². The Kier molecular flexibility index (Phi) is 5.79. The Morgan fingerprint density at radius 2 is 1.91 bits per heavy atom. The van der Waals surface area contributed by atoms with Gasteiger partial charge in [0.05, 0.1) is 10.6 Å². The molecule has 1 amide bonds. The number of hydrogen-bond acceptors (Lipinski definition) is 5. The quantitative estimate of drug-likeness (QED) is 0.800. The maximum Gasteiger partial charge on any atom is 0.236 e. The van der Waals surface area contributed by atoms with E-state index in [9.17, 15) is 13.2 Å². The highest BCUT2D eigenvalue weighted by Gasteiger charge is 2.13. The zero-order valence-electron chi connectivity index (χ0n) is 13.0. The summed E-state index contributed by atoms with van der Waals surface area (Å²) in [6.07, 6.45) is 4.66. The predicted molar refractivity (Wildman–Crippen MR) is 93.4 cm³/mol. The van der Waals surface area contributed by atoms with Crippen LogP contribution in [0.25, 0.3) is 0 Å². The van der Waals surface area contributed by atoms with E-state index in [-0.39, 0.29) is 10.8 Å². The van der Waals surface area contributed by atoms with Crippen LogP contribution in [0.4, 0.5) is 5.69 Å². The average Bonchev–Trinajstić information content (AvgIpc) is 2.54. The monoisotopic (exact) mass is 350 g/mol. The summed E-state index contributed by atoms with van der Waals surface area (Å²) in [6, 6.07) is 10.1. The number of thioether (sulfide) groups is 1. The van der Waals surface area contributed by atoms with Crippen molar-refractivity contribution < 1.29 is 13.2 Å². The van der Waals surface area contributed by atoms with Gasteiger partial charge in [-0.05, 0) is 35.9 Å². The summed E-state index contributed by atoms with van der Waals surface area (Å²) in [5, 5.41) is 0. The third kappa shape index (κ3) is 5.07. The number of pyridine rings is 1. The lowest BCUT2D eigenvalue weighted by Gasteiger charge is -2.17. The van der Waals surface area contributed by atoms with Gasteiger partial charge in [0.1, 0.15) is 0 Å². The van der Waals surface area contributed by atoms with E-state index >= 15 is 0 Å². The van der Waals surface area contributed by atoms with Crippen molar-refractivity contribution in [2.24, 2.45) is 0 Å². The fraction of sp³-hybridized carbons (Fsp3) is 0.250. The van der Waals surface area contributed by atoms with Crippen molar-refractivity contribution in [3.8, 4) is 0 Å². The van der Waals surface area contributed by atoms with E-state index in [2.05, 4.69) is 4.98 Å². The molecule has 7 heteroatoms. The summed E-state index contributed by atoms with van der Waals surface area (Å²) in [4.78, 5) is 18.0. The molecule has 1 heterocycles. The Morgan fingerprint density at radius 3 is 2.48 bits per heavy atom. The molecular weight excluding hydrogens is 332 g/mol. The highest BCUT2D eigenvalue weighted by Crippen LogP contribution is 2.19. The number of carbonyl (C=O) groups excluding carboxylic acids is 1. The number of anilines is 1. The molecule has 0 atom stereocenters. The van der Waals surface area contributed by atoms with Crippen LogP contribution in [0.2, 0.25) is 0 Å². The molecule has 0 bridgehead atoms. The maximum absolute atomic E-state index is 12.2. The van der Waals surface area contributed by atoms with E-state index in [0.717, 1.165) is 17.6 Å². The number of carbonyl (C=O) groups is 1. The molecule has 23 heavy (non-hydrogen) atoms. The lowest BCUT2D eigenvalue weighted by molar-refractivity contribution is -0.115. The summed E-state index contributed by atoms with van der Waals surface area (Å²) < 4.78 is 22.9. The van der Waals surface area contributed by atoms with Gasteiger partial charge in [-0.2, -0.15) is 0 Å². The highest BCUT2D eigenvalue weighted by molar-refractivity contribution is 7.99. The summed E-state index contributed by atoms with van der Waals surface area (Å²) in [7, 11) is -1.54. The molecule has 0 spiro atoms. The fourth-order valence-electron chi connectivity index (χ4n) is 1.90. The SMILES string of the molecule is CN(C(=O)CSCc1cccnc1)c1ccc(S(C)(=O)=O)cc1. The van der Waals surface area contributed by atoms with Crippen molar-refractivity contribution in [2.45, 2.75) is 10.6 Å². The lowest BCUT2D eigenvalue weighted by atomic mass is 10.3. The van der Waals surface area contributed by atoms with E-state index in [1.807, 2.05) is 12.1 Å². The molecule has 0 radical (unpaired) electrons. The first kappa shape index (κ1) is 17.5. The molecule has 0 aliphatic heterocycles. The summed E-state index contributed by atoms with van der Waals surface area (Å²) in [5.41, 5.74) is 1.75. The minimum absolute atomic E-state index is 0.0361. The molecule has 2 aromatic rings. The number of aromatic nitrogens is 1. The second-order valence-electron chi connectivity index (χ2n) is 5.07. The second-order valence-corrected chi connectivity index (χ2v) is 8.07. The van der Waals surface area contributed by atoms with Crippen LogP contribution in [0, 0.1) is 0 Å². The molecule has 0 saturated heterocycles. The maximum atomic E-state index is 12.2. The molecule has 0 aliphatic rings. The Labute approximate surface area is 140 Å². The first-order chi connectivity index (χ1) is 10.9. The third-order valence-corrected chi connectivity index (χ3v) is 5.36. The first-order valence-corrected chi connectivity index (χ1v) is 9.96. The van der Waals surface area contributed by atoms with Gasteiger partial charge in [0, 0.05) is 37.1 Å². The van der Waals surface area contributed by atoms with Gasteiger partial charge in [-0.1, -0.05) is 6.07 Å². The highest BCUT2D eigenvalue weighted by atomic mass is 32.2. The van der Waals surface area contributed by atoms with Crippen LogP contribution in [0.15, 0.2) is 53.7 Å². The van der Waals surface area contributed by atoms with Crippen molar-refractivity contribution in [1.82, 2.24) is 4.98 Å². The third-order valence-electron chi connectivity index (χ3n) is 3.24. The Hall–Kier alpha value is -1.86. The van der Waals surface area contributed by atoms with Crippen LogP contribution in [0.1, 0.15) is 5.56 Å². The van der Waals surface area contributed by atoms with Crippen LogP contribution < -0.4 is 4.90 Å². The molecule has 0 saturated carbocycles. The van der Waals surface area contributed by atoms with Gasteiger partial charge in [-0.3, -0.25) is 9.78 Å². The van der Waals surface area contributed by atoms with Crippen molar-refractivity contribution in [2.75, 3.05) is 24.0 Å². The first-order valence-electron chi connectivity index (χ1n) is 6.91. The van der Waals surface area contributed by atoms with Gasteiger partial charge in [-0.25, -0.2) is 8.42 Å². The molecule has 0 fully saturated rings. The van der Waals surface area contributed by atoms with Crippen LogP contribution in [-0.2, 0) is 20.4 Å².